The first-order chi connectivity index (χ1) is 5.07. The number of quaternary nitrogens is 1. The van der Waals surface area contributed by atoms with E-state index in [1.165, 1.54) is 0 Å². The van der Waals surface area contributed by atoms with E-state index in [0.717, 1.165) is 0 Å². The van der Waals surface area contributed by atoms with Gasteiger partial charge in [0.2, 0.25) is 0 Å². The van der Waals surface area contributed by atoms with E-state index < -0.39 is 25.8 Å². The Labute approximate surface area is 68.4 Å². The van der Waals surface area contributed by atoms with Crippen molar-refractivity contribution in [3.8, 4) is 0 Å². The van der Waals surface area contributed by atoms with E-state index in [-0.39, 0.29) is 6.42 Å². The third-order valence-electron chi connectivity index (χ3n) is 1.20. The van der Waals surface area contributed by atoms with Crippen LogP contribution in [-0.2, 0) is 8.63 Å². The molecule has 0 aliphatic rings. The molecule has 0 aromatic heterocycles. The summed E-state index contributed by atoms with van der Waals surface area (Å²) in [5.41, 5.74) is 0.386. The molecule has 0 aromatic carbocycles. The predicted octanol–water partition coefficient (Wildman–Crippen LogP) is -1.06. The number of hydrogen-bond donors (Lipinski definition) is 2. The van der Waals surface area contributed by atoms with Crippen molar-refractivity contribution in [2.45, 2.75) is 23.6 Å². The molecule has 0 fully saturated rings. The van der Waals surface area contributed by atoms with Gasteiger partial charge in [0.05, 0.1) is 0 Å². The van der Waals surface area contributed by atoms with Crippen LogP contribution < -0.4 is 5.48 Å². The van der Waals surface area contributed by atoms with Crippen LogP contribution in [0.4, 0.5) is 0 Å². The number of aliphatic carboxylic acids is 1. The van der Waals surface area contributed by atoms with Gasteiger partial charge in [-0.15, -0.1) is 0 Å². The van der Waals surface area contributed by atoms with E-state index in [2.05, 4.69) is 0 Å². The summed E-state index contributed by atoms with van der Waals surface area (Å²) in [6.07, 6.45) is 0.198. The van der Waals surface area contributed by atoms with Crippen molar-refractivity contribution in [3.05, 3.63) is 5.21 Å². The minimum absolute atomic E-state index is 0.198. The Kier molecular flexibility index (Phi) is 5.23. The van der Waals surface area contributed by atoms with Crippen molar-refractivity contribution in [1.82, 2.24) is 0 Å². The molecule has 11 heavy (non-hydrogen) atoms. The first kappa shape index (κ1) is 10.7. The van der Waals surface area contributed by atoms with Crippen molar-refractivity contribution in [2.75, 3.05) is 0 Å². The number of nitrogens with two attached hydrogens (primary N) is 1. The van der Waals surface area contributed by atoms with Crippen LogP contribution >= 0.6 is 0 Å². The van der Waals surface area contributed by atoms with E-state index >= 15 is 0 Å². The molecule has 0 aliphatic carbocycles. The molecule has 0 amide bonds. The second-order valence-electron chi connectivity index (χ2n) is 2.15. The van der Waals surface area contributed by atoms with Gasteiger partial charge in [0.15, 0.2) is 0 Å². The summed E-state index contributed by atoms with van der Waals surface area (Å²) < 4.78 is 10.6. The van der Waals surface area contributed by atoms with Crippen LogP contribution in [0, 0.1) is 5.21 Å². The SMILES string of the molecule is C[Se](=O)CC[C@H]([NH2+][O-])C(=O)O. The third kappa shape index (κ3) is 5.03. The molecule has 0 aromatic rings. The Bertz CT molecular complexity index is 161. The van der Waals surface area contributed by atoms with E-state index in [0.29, 0.717) is 10.8 Å². The first-order valence-electron chi connectivity index (χ1n) is 3.06. The molecule has 0 saturated carbocycles. The molecule has 0 rings (SSSR count). The Morgan fingerprint density at radius 3 is 2.64 bits per heavy atom. The third-order valence-corrected chi connectivity index (χ3v) is 2.90. The molecule has 6 heteroatoms. The molecule has 0 bridgehead atoms. The number of hydrogen-bond acceptors (Lipinski definition) is 3. The van der Waals surface area contributed by atoms with Gasteiger partial charge in [0.1, 0.15) is 0 Å². The Morgan fingerprint density at radius 2 is 2.36 bits per heavy atom. The van der Waals surface area contributed by atoms with Crippen molar-refractivity contribution < 1.29 is 19.2 Å². The fourth-order valence-electron chi connectivity index (χ4n) is 0.543. The zero-order valence-electron chi connectivity index (χ0n) is 6.15. The summed E-state index contributed by atoms with van der Waals surface area (Å²) in [6, 6.07) is -0.977. The van der Waals surface area contributed by atoms with Crippen LogP contribution in [0.2, 0.25) is 11.1 Å². The average Bonchev–Trinajstić information content (AvgIpc) is 1.87. The molecular formula is C5H11NO4Se. The molecule has 0 heterocycles. The maximum absolute atomic E-state index is 10.6. The topological polar surface area (TPSA) is 94.0 Å². The molecule has 0 spiro atoms. The molecule has 2 atom stereocenters. The molecule has 5 nitrogen and oxygen atoms in total. The van der Waals surface area contributed by atoms with Gasteiger partial charge in [-0.25, -0.2) is 0 Å². The fraction of sp³-hybridized carbons (Fsp3) is 0.800. The number of carboxylic acid groups (broad SMARTS) is 1. The Balaban J connectivity index is 3.70. The van der Waals surface area contributed by atoms with Gasteiger partial charge in [0.25, 0.3) is 0 Å². The summed E-state index contributed by atoms with van der Waals surface area (Å²) in [7, 11) is 0. The summed E-state index contributed by atoms with van der Waals surface area (Å²) in [4.78, 5) is 10.2. The van der Waals surface area contributed by atoms with Crippen LogP contribution in [0.25, 0.3) is 0 Å². The summed E-state index contributed by atoms with van der Waals surface area (Å²) >= 11 is -1.84. The van der Waals surface area contributed by atoms with Gasteiger partial charge < -0.3 is 0 Å². The van der Waals surface area contributed by atoms with Gasteiger partial charge >= 0.3 is 67.8 Å². The molecule has 1 unspecified atom stereocenters. The predicted molar refractivity (Wildman–Crippen MR) is 38.4 cm³/mol. The minimum atomic E-state index is -1.84. The second-order valence-corrected chi connectivity index (χ2v) is 5.41. The van der Waals surface area contributed by atoms with Crippen LogP contribution in [0.3, 0.4) is 0 Å². The van der Waals surface area contributed by atoms with Gasteiger partial charge in [-0.2, -0.15) is 0 Å². The molecule has 0 radical (unpaired) electrons. The van der Waals surface area contributed by atoms with Crippen molar-refractivity contribution >= 4 is 19.8 Å². The van der Waals surface area contributed by atoms with E-state index in [4.69, 9.17) is 5.11 Å². The quantitative estimate of drug-likeness (QED) is 0.463. The van der Waals surface area contributed by atoms with Crippen LogP contribution in [0.15, 0.2) is 0 Å². The number of carboxylic acids is 1. The zero-order chi connectivity index (χ0) is 8.85. The van der Waals surface area contributed by atoms with Gasteiger partial charge in [-0.1, -0.05) is 0 Å². The fourth-order valence-corrected chi connectivity index (χ4v) is 1.77. The summed E-state index contributed by atoms with van der Waals surface area (Å²) in [5.74, 6) is 0.441. The second kappa shape index (κ2) is 5.37. The monoisotopic (exact) mass is 229 g/mol. The van der Waals surface area contributed by atoms with Gasteiger partial charge in [0, 0.05) is 0 Å². The van der Waals surface area contributed by atoms with E-state index in [9.17, 15) is 13.8 Å². The molecular weight excluding hydrogens is 217 g/mol. The van der Waals surface area contributed by atoms with Crippen LogP contribution in [-0.4, -0.2) is 31.0 Å². The van der Waals surface area contributed by atoms with Crippen molar-refractivity contribution in [3.63, 3.8) is 0 Å². The molecule has 0 aliphatic heterocycles. The van der Waals surface area contributed by atoms with Crippen LogP contribution in [0.1, 0.15) is 6.42 Å². The average molecular weight is 228 g/mol. The first-order valence-corrected chi connectivity index (χ1v) is 6.68. The Morgan fingerprint density at radius 1 is 1.82 bits per heavy atom. The number of rotatable bonds is 5. The summed E-state index contributed by atoms with van der Waals surface area (Å²) in [5, 5.41) is 18.8. The van der Waals surface area contributed by atoms with Crippen molar-refractivity contribution in [1.29, 1.82) is 0 Å². The van der Waals surface area contributed by atoms with Gasteiger partial charge in [-0.3, -0.25) is 0 Å². The summed E-state index contributed by atoms with van der Waals surface area (Å²) in [6.45, 7) is 0. The van der Waals surface area contributed by atoms with E-state index in [1.807, 2.05) is 0 Å². The maximum atomic E-state index is 10.6. The molecule has 66 valence electrons. The number of carbonyl (C=O) groups is 1. The van der Waals surface area contributed by atoms with Crippen LogP contribution in [0.5, 0.6) is 0 Å². The zero-order valence-corrected chi connectivity index (χ0v) is 7.86. The standard InChI is InChI=1S/C5H11NO4Se/c1-11(10)3-2-4(6-9)5(7)8/h4H,2-3,6H2,1H3,(H,7,8)/t4-,11?/m0/s1. The van der Waals surface area contributed by atoms with Crippen molar-refractivity contribution in [2.24, 2.45) is 0 Å². The number of hydroxylamine groups is 1. The molecule has 0 saturated heterocycles. The van der Waals surface area contributed by atoms with Gasteiger partial charge in [-0.05, 0) is 0 Å². The molecule has 3 N–H and O–H groups in total. The van der Waals surface area contributed by atoms with E-state index in [1.54, 1.807) is 5.82 Å². The Hall–Kier alpha value is -0.291. The normalized spacial score (nSPS) is 15.8.